The molecule has 7 heteroatoms. The number of aromatic nitrogens is 2. The summed E-state index contributed by atoms with van der Waals surface area (Å²) in [6, 6.07) is 10.2. The SMILES string of the molecule is O=C(NCCN1C(=O)Cc2ccccc21)c1ccc(=O)[nH]n1. The fourth-order valence-electron chi connectivity index (χ4n) is 2.40. The normalized spacial score (nSPS) is 13.1. The molecule has 3 rings (SSSR count). The number of anilines is 1. The minimum atomic E-state index is -0.392. The summed E-state index contributed by atoms with van der Waals surface area (Å²) < 4.78 is 0. The molecular formula is C15H14N4O3. The van der Waals surface area contributed by atoms with Gasteiger partial charge in [0, 0.05) is 24.8 Å². The summed E-state index contributed by atoms with van der Waals surface area (Å²) in [4.78, 5) is 36.4. The van der Waals surface area contributed by atoms with Crippen LogP contribution in [0.2, 0.25) is 0 Å². The van der Waals surface area contributed by atoms with Crippen LogP contribution in [-0.4, -0.2) is 35.1 Å². The van der Waals surface area contributed by atoms with Crippen molar-refractivity contribution in [2.45, 2.75) is 6.42 Å². The molecule has 0 saturated carbocycles. The summed E-state index contributed by atoms with van der Waals surface area (Å²) in [5.74, 6) is -0.367. The number of hydrogen-bond acceptors (Lipinski definition) is 4. The molecule has 7 nitrogen and oxygen atoms in total. The van der Waals surface area contributed by atoms with Gasteiger partial charge in [0.2, 0.25) is 5.91 Å². The van der Waals surface area contributed by atoms with Gasteiger partial charge in [-0.15, -0.1) is 0 Å². The van der Waals surface area contributed by atoms with Gasteiger partial charge in [-0.05, 0) is 17.7 Å². The number of nitrogens with zero attached hydrogens (tertiary/aromatic N) is 2. The zero-order valence-corrected chi connectivity index (χ0v) is 11.7. The number of fused-ring (bicyclic) bond motifs is 1. The molecule has 0 aliphatic carbocycles. The van der Waals surface area contributed by atoms with E-state index < -0.39 is 5.91 Å². The molecule has 2 heterocycles. The Hall–Kier alpha value is -2.96. The molecule has 1 aromatic carbocycles. The summed E-state index contributed by atoms with van der Waals surface area (Å²) in [6.07, 6.45) is 0.394. The third-order valence-electron chi connectivity index (χ3n) is 3.46. The summed E-state index contributed by atoms with van der Waals surface area (Å²) >= 11 is 0. The van der Waals surface area contributed by atoms with Gasteiger partial charge in [0.25, 0.3) is 11.5 Å². The average Bonchev–Trinajstić information content (AvgIpc) is 2.84. The van der Waals surface area contributed by atoms with Gasteiger partial charge < -0.3 is 10.2 Å². The largest absolute Gasteiger partial charge is 0.349 e. The zero-order valence-electron chi connectivity index (χ0n) is 11.7. The van der Waals surface area contributed by atoms with Gasteiger partial charge in [0.05, 0.1) is 6.42 Å². The molecule has 0 spiro atoms. The second-order valence-electron chi connectivity index (χ2n) is 4.91. The average molecular weight is 298 g/mol. The Morgan fingerprint density at radius 1 is 1.23 bits per heavy atom. The maximum absolute atomic E-state index is 12.0. The highest BCUT2D eigenvalue weighted by atomic mass is 16.2. The highest BCUT2D eigenvalue weighted by Gasteiger charge is 2.26. The van der Waals surface area contributed by atoms with Gasteiger partial charge in [-0.25, -0.2) is 5.10 Å². The standard InChI is InChI=1S/C15H14N4O3/c20-13-6-5-11(17-18-13)15(22)16-7-8-19-12-4-2-1-3-10(12)9-14(19)21/h1-6H,7-9H2,(H,16,22)(H,18,20). The smallest absolute Gasteiger partial charge is 0.271 e. The van der Waals surface area contributed by atoms with Crippen molar-refractivity contribution in [3.05, 3.63) is 58.0 Å². The van der Waals surface area contributed by atoms with Crippen molar-refractivity contribution in [2.75, 3.05) is 18.0 Å². The van der Waals surface area contributed by atoms with Crippen LogP contribution in [0.4, 0.5) is 5.69 Å². The Balaban J connectivity index is 1.59. The predicted molar refractivity (Wildman–Crippen MR) is 79.7 cm³/mol. The molecule has 1 aliphatic heterocycles. The highest BCUT2D eigenvalue weighted by molar-refractivity contribution is 6.01. The van der Waals surface area contributed by atoms with Crippen LogP contribution >= 0.6 is 0 Å². The van der Waals surface area contributed by atoms with Gasteiger partial charge in [-0.2, -0.15) is 5.10 Å². The Morgan fingerprint density at radius 3 is 2.82 bits per heavy atom. The van der Waals surface area contributed by atoms with Gasteiger partial charge in [-0.3, -0.25) is 14.4 Å². The third kappa shape index (κ3) is 2.73. The number of carbonyl (C=O) groups is 2. The van der Waals surface area contributed by atoms with Crippen LogP contribution < -0.4 is 15.8 Å². The number of rotatable bonds is 4. The van der Waals surface area contributed by atoms with Crippen LogP contribution in [0.1, 0.15) is 16.1 Å². The van der Waals surface area contributed by atoms with Gasteiger partial charge in [-0.1, -0.05) is 18.2 Å². The van der Waals surface area contributed by atoms with E-state index in [1.807, 2.05) is 24.3 Å². The number of nitrogens with one attached hydrogen (secondary N) is 2. The van der Waals surface area contributed by atoms with Crippen molar-refractivity contribution in [3.8, 4) is 0 Å². The maximum Gasteiger partial charge on any atom is 0.271 e. The van der Waals surface area contributed by atoms with Gasteiger partial charge in [0.15, 0.2) is 0 Å². The molecule has 2 aromatic rings. The first kappa shape index (κ1) is 14.0. The van der Waals surface area contributed by atoms with Crippen LogP contribution in [-0.2, 0) is 11.2 Å². The number of carbonyl (C=O) groups excluding carboxylic acids is 2. The molecule has 2 amide bonds. The molecule has 0 saturated heterocycles. The van der Waals surface area contributed by atoms with E-state index in [1.54, 1.807) is 4.90 Å². The Bertz CT molecular complexity index is 764. The van der Waals surface area contributed by atoms with E-state index in [0.717, 1.165) is 11.3 Å². The highest BCUT2D eigenvalue weighted by Crippen LogP contribution is 2.27. The van der Waals surface area contributed by atoms with E-state index in [9.17, 15) is 14.4 Å². The van der Waals surface area contributed by atoms with Crippen molar-refractivity contribution in [3.63, 3.8) is 0 Å². The number of para-hydroxylation sites is 1. The number of aromatic amines is 1. The quantitative estimate of drug-likeness (QED) is 0.836. The van der Waals surface area contributed by atoms with Crippen LogP contribution in [0.5, 0.6) is 0 Å². The van der Waals surface area contributed by atoms with Crippen LogP contribution in [0.15, 0.2) is 41.2 Å². The van der Waals surface area contributed by atoms with Crippen molar-refractivity contribution in [2.24, 2.45) is 0 Å². The lowest BCUT2D eigenvalue weighted by molar-refractivity contribution is -0.117. The lowest BCUT2D eigenvalue weighted by Gasteiger charge is -2.17. The number of benzene rings is 1. The lowest BCUT2D eigenvalue weighted by Crippen LogP contribution is -2.37. The van der Waals surface area contributed by atoms with Crippen molar-refractivity contribution in [1.29, 1.82) is 0 Å². The maximum atomic E-state index is 12.0. The Kier molecular flexibility index (Phi) is 3.69. The Morgan fingerprint density at radius 2 is 2.05 bits per heavy atom. The monoisotopic (exact) mass is 298 g/mol. The molecule has 0 atom stereocenters. The summed E-state index contributed by atoms with van der Waals surface area (Å²) in [7, 11) is 0. The summed E-state index contributed by atoms with van der Waals surface area (Å²) in [6.45, 7) is 0.699. The minimum Gasteiger partial charge on any atom is -0.349 e. The predicted octanol–water partition coefficient (Wildman–Crippen LogP) is 0.0890. The second kappa shape index (κ2) is 5.80. The molecule has 22 heavy (non-hydrogen) atoms. The van der Waals surface area contributed by atoms with E-state index in [-0.39, 0.29) is 17.2 Å². The summed E-state index contributed by atoms with van der Waals surface area (Å²) in [5, 5.41) is 8.53. The topological polar surface area (TPSA) is 95.2 Å². The van der Waals surface area contributed by atoms with Gasteiger partial charge in [0.1, 0.15) is 5.69 Å². The first-order valence-corrected chi connectivity index (χ1v) is 6.87. The van der Waals surface area contributed by atoms with Crippen LogP contribution in [0, 0.1) is 0 Å². The van der Waals surface area contributed by atoms with Crippen molar-refractivity contribution < 1.29 is 9.59 Å². The molecule has 0 bridgehead atoms. The third-order valence-corrected chi connectivity index (χ3v) is 3.46. The van der Waals surface area contributed by atoms with Gasteiger partial charge >= 0.3 is 0 Å². The first-order chi connectivity index (χ1) is 10.6. The van der Waals surface area contributed by atoms with E-state index in [2.05, 4.69) is 15.5 Å². The van der Waals surface area contributed by atoms with Crippen molar-refractivity contribution in [1.82, 2.24) is 15.5 Å². The van der Waals surface area contributed by atoms with E-state index in [0.29, 0.717) is 19.5 Å². The van der Waals surface area contributed by atoms with Crippen LogP contribution in [0.25, 0.3) is 0 Å². The first-order valence-electron chi connectivity index (χ1n) is 6.87. The molecular weight excluding hydrogens is 284 g/mol. The zero-order chi connectivity index (χ0) is 15.5. The fourth-order valence-corrected chi connectivity index (χ4v) is 2.40. The number of hydrogen-bond donors (Lipinski definition) is 2. The minimum absolute atomic E-state index is 0.0256. The van der Waals surface area contributed by atoms with E-state index >= 15 is 0 Å². The molecule has 112 valence electrons. The van der Waals surface area contributed by atoms with Crippen molar-refractivity contribution >= 4 is 17.5 Å². The number of amides is 2. The molecule has 2 N–H and O–H groups in total. The molecule has 1 aliphatic rings. The lowest BCUT2D eigenvalue weighted by atomic mass is 10.2. The molecule has 1 aromatic heterocycles. The summed E-state index contributed by atoms with van der Waals surface area (Å²) in [5.41, 5.74) is 1.66. The second-order valence-corrected chi connectivity index (χ2v) is 4.91. The van der Waals surface area contributed by atoms with E-state index in [1.165, 1.54) is 12.1 Å². The number of H-pyrrole nitrogens is 1. The molecule has 0 fully saturated rings. The Labute approximate surface area is 126 Å². The molecule has 0 unspecified atom stereocenters. The molecule has 0 radical (unpaired) electrons. The van der Waals surface area contributed by atoms with E-state index in [4.69, 9.17) is 0 Å². The van der Waals surface area contributed by atoms with Crippen LogP contribution in [0.3, 0.4) is 0 Å². The fraction of sp³-hybridized carbons (Fsp3) is 0.200.